The fourth-order valence-electron chi connectivity index (χ4n) is 3.21. The minimum Gasteiger partial charge on any atom is -0.478 e. The smallest absolute Gasteiger partial charge is 0.337 e. The average Bonchev–Trinajstić information content (AvgIpc) is 2.84. The minimum absolute atomic E-state index is 0.0154. The molecule has 0 saturated heterocycles. The fourth-order valence-corrected chi connectivity index (χ4v) is 3.21. The standard InChI is InChI=1S/C14H15NO3/c16-13(12-8-5-3-6-9(8)12)15-11-7-2-1-4-10(11)14(17)18/h1-2,4,7-9,12H,3,5-6H2,(H,15,16)(H,17,18). The summed E-state index contributed by atoms with van der Waals surface area (Å²) in [5.74, 6) is 0.171. The van der Waals surface area contributed by atoms with E-state index < -0.39 is 5.97 Å². The number of benzene rings is 1. The van der Waals surface area contributed by atoms with Crippen LogP contribution >= 0.6 is 0 Å². The largest absolute Gasteiger partial charge is 0.478 e. The van der Waals surface area contributed by atoms with Crippen LogP contribution in [0.15, 0.2) is 24.3 Å². The third-order valence-electron chi connectivity index (χ3n) is 4.12. The Hall–Kier alpha value is -1.84. The summed E-state index contributed by atoms with van der Waals surface area (Å²) < 4.78 is 0. The fraction of sp³-hybridized carbons (Fsp3) is 0.429. The molecule has 2 aliphatic rings. The number of nitrogens with one attached hydrogen (secondary N) is 1. The van der Waals surface area contributed by atoms with Gasteiger partial charge in [-0.15, -0.1) is 0 Å². The zero-order chi connectivity index (χ0) is 12.7. The Labute approximate surface area is 105 Å². The number of amides is 1. The Bertz CT molecular complexity index is 502. The first-order valence-corrected chi connectivity index (χ1v) is 6.31. The van der Waals surface area contributed by atoms with Gasteiger partial charge in [-0.3, -0.25) is 4.79 Å². The molecule has 1 aromatic carbocycles. The van der Waals surface area contributed by atoms with E-state index in [2.05, 4.69) is 5.32 Å². The summed E-state index contributed by atoms with van der Waals surface area (Å²) in [7, 11) is 0. The van der Waals surface area contributed by atoms with Crippen LogP contribution in [0.4, 0.5) is 5.69 Å². The summed E-state index contributed by atoms with van der Waals surface area (Å²) >= 11 is 0. The van der Waals surface area contributed by atoms with Gasteiger partial charge in [0.1, 0.15) is 0 Å². The van der Waals surface area contributed by atoms with Gasteiger partial charge in [0.25, 0.3) is 0 Å². The van der Waals surface area contributed by atoms with Crippen LogP contribution in [0.3, 0.4) is 0 Å². The molecule has 0 bridgehead atoms. The number of carboxylic acids is 1. The van der Waals surface area contributed by atoms with Gasteiger partial charge in [0.2, 0.25) is 5.91 Å². The molecule has 0 heterocycles. The summed E-state index contributed by atoms with van der Waals surface area (Å²) in [4.78, 5) is 23.1. The van der Waals surface area contributed by atoms with Crippen LogP contribution in [0.2, 0.25) is 0 Å². The van der Waals surface area contributed by atoms with Crippen molar-refractivity contribution < 1.29 is 14.7 Å². The molecule has 18 heavy (non-hydrogen) atoms. The van der Waals surface area contributed by atoms with Gasteiger partial charge in [-0.1, -0.05) is 18.6 Å². The maximum absolute atomic E-state index is 12.1. The first kappa shape index (κ1) is 11.3. The van der Waals surface area contributed by atoms with Crippen LogP contribution in [-0.4, -0.2) is 17.0 Å². The summed E-state index contributed by atoms with van der Waals surface area (Å²) in [6.07, 6.45) is 3.51. The lowest BCUT2D eigenvalue weighted by atomic mass is 10.1. The van der Waals surface area contributed by atoms with Gasteiger partial charge in [0.05, 0.1) is 11.3 Å². The van der Waals surface area contributed by atoms with Gasteiger partial charge in [0.15, 0.2) is 0 Å². The van der Waals surface area contributed by atoms with Crippen molar-refractivity contribution >= 4 is 17.6 Å². The molecular formula is C14H15NO3. The van der Waals surface area contributed by atoms with Crippen molar-refractivity contribution in [2.75, 3.05) is 5.32 Å². The van der Waals surface area contributed by atoms with Crippen molar-refractivity contribution in [1.82, 2.24) is 0 Å². The maximum atomic E-state index is 12.1. The topological polar surface area (TPSA) is 66.4 Å². The second kappa shape index (κ2) is 4.12. The molecule has 2 atom stereocenters. The Morgan fingerprint density at radius 2 is 1.83 bits per heavy atom. The number of para-hydroxylation sites is 1. The molecule has 2 fully saturated rings. The van der Waals surface area contributed by atoms with Crippen molar-refractivity contribution in [3.05, 3.63) is 29.8 Å². The van der Waals surface area contributed by atoms with Crippen molar-refractivity contribution in [3.63, 3.8) is 0 Å². The molecule has 3 rings (SSSR count). The van der Waals surface area contributed by atoms with Crippen molar-refractivity contribution in [1.29, 1.82) is 0 Å². The lowest BCUT2D eigenvalue weighted by molar-refractivity contribution is -0.118. The van der Waals surface area contributed by atoms with E-state index >= 15 is 0 Å². The third-order valence-corrected chi connectivity index (χ3v) is 4.12. The number of carbonyl (C=O) groups excluding carboxylic acids is 1. The molecule has 0 radical (unpaired) electrons. The van der Waals surface area contributed by atoms with Crippen molar-refractivity contribution in [3.8, 4) is 0 Å². The Morgan fingerprint density at radius 3 is 2.50 bits per heavy atom. The number of hydrogen-bond donors (Lipinski definition) is 2. The second-order valence-electron chi connectivity index (χ2n) is 5.12. The third kappa shape index (κ3) is 1.78. The van der Waals surface area contributed by atoms with E-state index in [-0.39, 0.29) is 17.4 Å². The van der Waals surface area contributed by atoms with E-state index in [9.17, 15) is 9.59 Å². The molecule has 2 N–H and O–H groups in total. The number of aromatic carboxylic acids is 1. The molecule has 4 nitrogen and oxygen atoms in total. The number of rotatable bonds is 3. The van der Waals surface area contributed by atoms with Crippen LogP contribution < -0.4 is 5.32 Å². The highest BCUT2D eigenvalue weighted by molar-refractivity contribution is 6.02. The summed E-state index contributed by atoms with van der Waals surface area (Å²) in [5, 5.41) is 11.8. The number of anilines is 1. The lowest BCUT2D eigenvalue weighted by Crippen LogP contribution is -2.18. The van der Waals surface area contributed by atoms with Gasteiger partial charge in [-0.2, -0.15) is 0 Å². The Morgan fingerprint density at radius 1 is 1.17 bits per heavy atom. The van der Waals surface area contributed by atoms with Gasteiger partial charge in [0, 0.05) is 5.92 Å². The molecule has 1 amide bonds. The minimum atomic E-state index is -1.01. The van der Waals surface area contributed by atoms with Gasteiger partial charge < -0.3 is 10.4 Å². The van der Waals surface area contributed by atoms with Gasteiger partial charge in [-0.05, 0) is 36.8 Å². The number of carbonyl (C=O) groups is 2. The van der Waals surface area contributed by atoms with Crippen molar-refractivity contribution in [2.45, 2.75) is 19.3 Å². The molecule has 4 heteroatoms. The SMILES string of the molecule is O=C(O)c1ccccc1NC(=O)C1C2CCCC21. The van der Waals surface area contributed by atoms with Crippen molar-refractivity contribution in [2.24, 2.45) is 17.8 Å². The number of fused-ring (bicyclic) bond motifs is 1. The van der Waals surface area contributed by atoms with E-state index in [4.69, 9.17) is 5.11 Å². The maximum Gasteiger partial charge on any atom is 0.337 e. The predicted octanol–water partition coefficient (Wildman–Crippen LogP) is 2.37. The molecular weight excluding hydrogens is 230 g/mol. The van der Waals surface area contributed by atoms with Crippen LogP contribution in [0, 0.1) is 17.8 Å². The zero-order valence-electron chi connectivity index (χ0n) is 9.93. The molecule has 94 valence electrons. The predicted molar refractivity (Wildman–Crippen MR) is 66.4 cm³/mol. The molecule has 2 saturated carbocycles. The summed E-state index contributed by atoms with van der Waals surface area (Å²) in [6.45, 7) is 0. The highest BCUT2D eigenvalue weighted by Gasteiger charge is 2.56. The second-order valence-corrected chi connectivity index (χ2v) is 5.12. The Kier molecular flexibility index (Phi) is 2.58. The lowest BCUT2D eigenvalue weighted by Gasteiger charge is -2.09. The highest BCUT2D eigenvalue weighted by atomic mass is 16.4. The molecule has 2 unspecified atom stereocenters. The monoisotopic (exact) mass is 245 g/mol. The van der Waals surface area contributed by atoms with Crippen LogP contribution in [0.25, 0.3) is 0 Å². The summed E-state index contributed by atoms with van der Waals surface area (Å²) in [6, 6.07) is 6.53. The van der Waals surface area contributed by atoms with Crippen LogP contribution in [-0.2, 0) is 4.79 Å². The van der Waals surface area contributed by atoms with Crippen LogP contribution in [0.5, 0.6) is 0 Å². The van der Waals surface area contributed by atoms with Gasteiger partial charge >= 0.3 is 5.97 Å². The van der Waals surface area contributed by atoms with E-state index in [1.54, 1.807) is 18.2 Å². The highest BCUT2D eigenvalue weighted by Crippen LogP contribution is 2.57. The normalized spacial score (nSPS) is 28.6. The van der Waals surface area contributed by atoms with Gasteiger partial charge in [-0.25, -0.2) is 4.79 Å². The first-order chi connectivity index (χ1) is 8.68. The number of carboxylic acid groups (broad SMARTS) is 1. The molecule has 1 aromatic rings. The number of hydrogen-bond acceptors (Lipinski definition) is 2. The van der Waals surface area contributed by atoms with E-state index in [1.165, 1.54) is 12.5 Å². The molecule has 0 aliphatic heterocycles. The van der Waals surface area contributed by atoms with E-state index in [0.29, 0.717) is 17.5 Å². The van der Waals surface area contributed by atoms with E-state index in [0.717, 1.165) is 12.8 Å². The Balaban J connectivity index is 1.73. The molecule has 0 spiro atoms. The quantitative estimate of drug-likeness (QED) is 0.859. The first-order valence-electron chi connectivity index (χ1n) is 6.31. The summed E-state index contributed by atoms with van der Waals surface area (Å²) in [5.41, 5.74) is 0.552. The molecule has 2 aliphatic carbocycles. The molecule has 0 aromatic heterocycles. The average molecular weight is 245 g/mol. The zero-order valence-corrected chi connectivity index (χ0v) is 9.93. The van der Waals surface area contributed by atoms with Crippen LogP contribution in [0.1, 0.15) is 29.6 Å². The van der Waals surface area contributed by atoms with E-state index in [1.807, 2.05) is 0 Å².